The maximum atomic E-state index is 12.9. The van der Waals surface area contributed by atoms with Gasteiger partial charge in [0, 0.05) is 12.1 Å². The van der Waals surface area contributed by atoms with Crippen LogP contribution in [0.2, 0.25) is 0 Å². The van der Waals surface area contributed by atoms with E-state index in [-0.39, 0.29) is 5.56 Å². The molecule has 3 aromatic rings. The zero-order chi connectivity index (χ0) is 16.2. The van der Waals surface area contributed by atoms with E-state index in [0.717, 1.165) is 16.8 Å². The van der Waals surface area contributed by atoms with Crippen molar-refractivity contribution in [2.45, 2.75) is 19.5 Å². The summed E-state index contributed by atoms with van der Waals surface area (Å²) in [6.45, 7) is 2.59. The van der Waals surface area contributed by atoms with E-state index in [0.29, 0.717) is 12.1 Å². The maximum Gasteiger partial charge on any atom is 0.256 e. The summed E-state index contributed by atoms with van der Waals surface area (Å²) in [4.78, 5) is 12.9. The highest BCUT2D eigenvalue weighted by Crippen LogP contribution is 2.21. The summed E-state index contributed by atoms with van der Waals surface area (Å²) in [6.07, 6.45) is 0. The summed E-state index contributed by atoms with van der Waals surface area (Å²) in [5.74, 6) is 0. The molecule has 0 saturated heterocycles. The highest BCUT2D eigenvalue weighted by molar-refractivity contribution is 5.60. The number of aromatic nitrogens is 1. The summed E-state index contributed by atoms with van der Waals surface area (Å²) in [6, 6.07) is 23.1. The molecule has 2 N–H and O–H groups in total. The lowest BCUT2D eigenvalue weighted by atomic mass is 9.99. The predicted molar refractivity (Wildman–Crippen MR) is 94.3 cm³/mol. The van der Waals surface area contributed by atoms with Gasteiger partial charge in [-0.2, -0.15) is 0 Å². The molecule has 0 fully saturated rings. The number of rotatable bonds is 4. The Labute approximate surface area is 136 Å². The number of benzene rings is 2. The first kappa shape index (κ1) is 15.3. The van der Waals surface area contributed by atoms with E-state index >= 15 is 0 Å². The molecule has 0 amide bonds. The first-order valence-corrected chi connectivity index (χ1v) is 7.82. The van der Waals surface area contributed by atoms with Crippen LogP contribution in [0.5, 0.6) is 0 Å². The molecule has 2 aromatic carbocycles. The van der Waals surface area contributed by atoms with Gasteiger partial charge in [-0.3, -0.25) is 4.79 Å². The Hall–Kier alpha value is -2.65. The van der Waals surface area contributed by atoms with Crippen molar-refractivity contribution in [3.63, 3.8) is 0 Å². The van der Waals surface area contributed by atoms with Gasteiger partial charge in [0.25, 0.3) is 5.56 Å². The van der Waals surface area contributed by atoms with Crippen LogP contribution in [0, 0.1) is 0 Å². The number of nitrogens with zero attached hydrogens (tertiary/aromatic N) is 1. The smallest absolute Gasteiger partial charge is 0.256 e. The number of hydrogen-bond acceptors (Lipinski definition) is 2. The summed E-state index contributed by atoms with van der Waals surface area (Å²) < 4.78 is 1.79. The van der Waals surface area contributed by atoms with Crippen LogP contribution in [-0.4, -0.2) is 4.57 Å². The van der Waals surface area contributed by atoms with E-state index in [1.54, 1.807) is 4.57 Å². The molecule has 0 bridgehead atoms. The van der Waals surface area contributed by atoms with Crippen LogP contribution >= 0.6 is 0 Å². The van der Waals surface area contributed by atoms with Crippen LogP contribution in [0.4, 0.5) is 0 Å². The second-order valence-corrected chi connectivity index (χ2v) is 5.48. The first-order valence-electron chi connectivity index (χ1n) is 7.82. The Kier molecular flexibility index (Phi) is 4.40. The van der Waals surface area contributed by atoms with Crippen LogP contribution in [0.3, 0.4) is 0 Å². The van der Waals surface area contributed by atoms with Gasteiger partial charge < -0.3 is 10.3 Å². The van der Waals surface area contributed by atoms with Gasteiger partial charge in [0.15, 0.2) is 0 Å². The van der Waals surface area contributed by atoms with E-state index in [1.165, 1.54) is 0 Å². The third-order valence-electron chi connectivity index (χ3n) is 4.08. The van der Waals surface area contributed by atoms with E-state index < -0.39 is 6.04 Å². The molecular formula is C20H20N2O. The van der Waals surface area contributed by atoms with Crippen molar-refractivity contribution in [2.24, 2.45) is 5.73 Å². The van der Waals surface area contributed by atoms with Crippen molar-refractivity contribution in [1.82, 2.24) is 4.57 Å². The number of nitrogens with two attached hydrogens (primary N) is 1. The minimum absolute atomic E-state index is 0.0230. The van der Waals surface area contributed by atoms with Gasteiger partial charge in [-0.25, -0.2) is 0 Å². The molecule has 116 valence electrons. The molecule has 0 aliphatic carbocycles. The predicted octanol–water partition coefficient (Wildman–Crippen LogP) is 3.58. The fraction of sp³-hybridized carbons (Fsp3) is 0.150. The van der Waals surface area contributed by atoms with E-state index in [1.807, 2.05) is 79.7 Å². The normalized spacial score (nSPS) is 12.1. The van der Waals surface area contributed by atoms with Gasteiger partial charge in [0.1, 0.15) is 0 Å². The van der Waals surface area contributed by atoms with E-state index in [4.69, 9.17) is 5.73 Å². The Morgan fingerprint density at radius 3 is 2.13 bits per heavy atom. The van der Waals surface area contributed by atoms with Gasteiger partial charge >= 0.3 is 0 Å². The summed E-state index contributed by atoms with van der Waals surface area (Å²) in [5.41, 5.74) is 9.81. The molecular weight excluding hydrogens is 284 g/mol. The van der Waals surface area contributed by atoms with Gasteiger partial charge in [0.05, 0.1) is 11.7 Å². The Balaban J connectivity index is 2.10. The van der Waals surface area contributed by atoms with Crippen molar-refractivity contribution >= 4 is 0 Å². The topological polar surface area (TPSA) is 48.0 Å². The molecule has 0 spiro atoms. The van der Waals surface area contributed by atoms with Crippen LogP contribution < -0.4 is 11.3 Å². The molecule has 23 heavy (non-hydrogen) atoms. The lowest BCUT2D eigenvalue weighted by molar-refractivity contribution is 0.709. The maximum absolute atomic E-state index is 12.9. The van der Waals surface area contributed by atoms with Gasteiger partial charge in [-0.15, -0.1) is 0 Å². The van der Waals surface area contributed by atoms with Crippen molar-refractivity contribution < 1.29 is 0 Å². The van der Waals surface area contributed by atoms with Crippen molar-refractivity contribution in [1.29, 1.82) is 0 Å². The minimum Gasteiger partial charge on any atom is -0.320 e. The zero-order valence-corrected chi connectivity index (χ0v) is 13.1. The highest BCUT2D eigenvalue weighted by Gasteiger charge is 2.16. The third-order valence-corrected chi connectivity index (χ3v) is 4.08. The van der Waals surface area contributed by atoms with Gasteiger partial charge in [0.2, 0.25) is 0 Å². The molecule has 1 aromatic heterocycles. The molecule has 3 rings (SSSR count). The Morgan fingerprint density at radius 1 is 0.913 bits per heavy atom. The highest BCUT2D eigenvalue weighted by atomic mass is 16.1. The Bertz CT molecular complexity index is 839. The fourth-order valence-corrected chi connectivity index (χ4v) is 2.85. The van der Waals surface area contributed by atoms with Gasteiger partial charge in [-0.1, -0.05) is 60.7 Å². The molecule has 0 aliphatic heterocycles. The average molecular weight is 304 g/mol. The first-order chi connectivity index (χ1) is 11.2. The number of hydrogen-bond donors (Lipinski definition) is 1. The van der Waals surface area contributed by atoms with Crippen LogP contribution in [-0.2, 0) is 6.54 Å². The van der Waals surface area contributed by atoms with Crippen LogP contribution in [0.15, 0.2) is 77.6 Å². The minimum atomic E-state index is -0.411. The Morgan fingerprint density at radius 2 is 1.52 bits per heavy atom. The van der Waals surface area contributed by atoms with Crippen molar-refractivity contribution in [2.75, 3.05) is 0 Å². The second kappa shape index (κ2) is 6.63. The SMILES string of the molecule is CCn1c(-c2ccccc2)ccc(C(N)c2ccccc2)c1=O. The average Bonchev–Trinajstić information content (AvgIpc) is 2.62. The second-order valence-electron chi connectivity index (χ2n) is 5.48. The molecule has 3 heteroatoms. The van der Waals surface area contributed by atoms with E-state index in [9.17, 15) is 4.79 Å². The molecule has 1 atom stereocenters. The fourth-order valence-electron chi connectivity index (χ4n) is 2.85. The monoisotopic (exact) mass is 304 g/mol. The van der Waals surface area contributed by atoms with E-state index in [2.05, 4.69) is 0 Å². The van der Waals surface area contributed by atoms with Crippen molar-refractivity contribution in [3.05, 3.63) is 94.3 Å². The molecule has 0 saturated carbocycles. The van der Waals surface area contributed by atoms with Crippen LogP contribution in [0.1, 0.15) is 24.1 Å². The quantitative estimate of drug-likeness (QED) is 0.801. The lowest BCUT2D eigenvalue weighted by Gasteiger charge is -2.17. The summed E-state index contributed by atoms with van der Waals surface area (Å²) in [5, 5.41) is 0. The van der Waals surface area contributed by atoms with Crippen LogP contribution in [0.25, 0.3) is 11.3 Å². The molecule has 1 heterocycles. The lowest BCUT2D eigenvalue weighted by Crippen LogP contribution is -2.29. The van der Waals surface area contributed by atoms with Gasteiger partial charge in [-0.05, 0) is 30.2 Å². The van der Waals surface area contributed by atoms with Crippen molar-refractivity contribution in [3.8, 4) is 11.3 Å². The molecule has 0 radical (unpaired) electrons. The summed E-state index contributed by atoms with van der Waals surface area (Å²) >= 11 is 0. The number of pyridine rings is 1. The molecule has 0 aliphatic rings. The standard InChI is InChI=1S/C20H20N2O/c1-2-22-18(15-9-5-3-6-10-15)14-13-17(20(22)23)19(21)16-11-7-4-8-12-16/h3-14,19H,2,21H2,1H3. The summed E-state index contributed by atoms with van der Waals surface area (Å²) in [7, 11) is 0. The zero-order valence-electron chi connectivity index (χ0n) is 13.1. The molecule has 3 nitrogen and oxygen atoms in total. The largest absolute Gasteiger partial charge is 0.320 e. The third kappa shape index (κ3) is 2.96. The molecule has 1 unspecified atom stereocenters.